The minimum Gasteiger partial charge on any atom is -0.480 e. The molecule has 2 aromatic rings. The number of nitrogens with zero attached hydrogens (tertiary/aromatic N) is 3. The lowest BCUT2D eigenvalue weighted by atomic mass is 10.0. The maximum atomic E-state index is 14.4. The van der Waals surface area contributed by atoms with Crippen LogP contribution in [0, 0.1) is 5.92 Å². The van der Waals surface area contributed by atoms with Crippen LogP contribution in [0.1, 0.15) is 92.1 Å². The van der Waals surface area contributed by atoms with Gasteiger partial charge in [-0.15, -0.1) is 0 Å². The van der Waals surface area contributed by atoms with E-state index in [-0.39, 0.29) is 93.8 Å². The fourth-order valence-corrected chi connectivity index (χ4v) is 11.0. The summed E-state index contributed by atoms with van der Waals surface area (Å²) < 4.78 is 0. The second-order valence-electron chi connectivity index (χ2n) is 23.0. The highest BCUT2D eigenvalue weighted by Gasteiger charge is 2.43. The van der Waals surface area contributed by atoms with Crippen LogP contribution in [-0.2, 0) is 68.7 Å². The van der Waals surface area contributed by atoms with Gasteiger partial charge in [0.2, 0.25) is 70.9 Å². The Morgan fingerprint density at radius 1 is 0.598 bits per heavy atom. The van der Waals surface area contributed by atoms with Crippen molar-refractivity contribution in [3.8, 4) is 0 Å². The molecule has 0 radical (unpaired) electrons. The smallest absolute Gasteiger partial charge is 0.326 e. The van der Waals surface area contributed by atoms with Crippen LogP contribution in [0.2, 0.25) is 0 Å². The number of aromatic amines is 1. The Bertz CT molecular complexity index is 3010. The highest BCUT2D eigenvalue weighted by atomic mass is 32.1. The number of carbonyl (C=O) groups is 13. The summed E-state index contributed by atoms with van der Waals surface area (Å²) in [5.74, 6) is -11.9. The third-order valence-electron chi connectivity index (χ3n) is 15.2. The largest absolute Gasteiger partial charge is 0.480 e. The van der Waals surface area contributed by atoms with Gasteiger partial charge in [-0.2, -0.15) is 37.9 Å². The molecule has 2 fully saturated rings. The number of aromatic nitrogens is 1. The number of thiol groups is 3. The normalized spacial score (nSPS) is 18.1. The number of hydrogen-bond donors (Lipinski definition) is 19. The average molecular weight is 1350 g/mol. The van der Waals surface area contributed by atoms with E-state index in [0.29, 0.717) is 18.4 Å². The number of rotatable bonds is 35. The molecule has 0 aliphatic carbocycles. The Balaban J connectivity index is 1.39. The second kappa shape index (κ2) is 37.0. The van der Waals surface area contributed by atoms with Gasteiger partial charge in [-0.25, -0.2) is 4.79 Å². The quantitative estimate of drug-likeness (QED) is 0.0133. The predicted octanol–water partition coefficient (Wildman–Crippen LogP) is -5.09. The van der Waals surface area contributed by atoms with Gasteiger partial charge in [-0.05, 0) is 90.2 Å². The molecular formula is C57H89N17O15S3. The van der Waals surface area contributed by atoms with Crippen LogP contribution >= 0.6 is 37.9 Å². The molecule has 0 saturated carbocycles. The van der Waals surface area contributed by atoms with Crippen molar-refractivity contribution in [3.05, 3.63) is 36.0 Å². The monoisotopic (exact) mass is 1350 g/mol. The number of aliphatic hydroxyl groups excluding tert-OH is 1. The van der Waals surface area contributed by atoms with Crippen LogP contribution in [0.25, 0.3) is 10.9 Å². The number of carboxylic acid groups (broad SMARTS) is 1. The van der Waals surface area contributed by atoms with Crippen LogP contribution in [-0.4, -0.2) is 230 Å². The number of carbonyl (C=O) groups excluding carboxylic acids is 12. The number of fused-ring (bicyclic) bond motifs is 1. The van der Waals surface area contributed by atoms with Crippen LogP contribution < -0.4 is 70.4 Å². The van der Waals surface area contributed by atoms with E-state index in [1.807, 2.05) is 6.07 Å². The Morgan fingerprint density at radius 2 is 1.07 bits per heavy atom. The van der Waals surface area contributed by atoms with Crippen LogP contribution in [0.4, 0.5) is 0 Å². The van der Waals surface area contributed by atoms with Gasteiger partial charge in [0, 0.05) is 60.4 Å². The van der Waals surface area contributed by atoms with Crippen molar-refractivity contribution in [2.24, 2.45) is 28.1 Å². The zero-order valence-corrected chi connectivity index (χ0v) is 54.9. The summed E-state index contributed by atoms with van der Waals surface area (Å²) in [7, 11) is 0. The first kappa shape index (κ1) is 76.6. The molecule has 2 saturated heterocycles. The maximum Gasteiger partial charge on any atom is 0.326 e. The number of hydrogen-bond acceptors (Lipinski definition) is 19. The molecule has 4 rings (SSSR count). The first-order valence-corrected chi connectivity index (χ1v) is 32.0. The number of aliphatic imine (C=N–C) groups is 1. The lowest BCUT2D eigenvalue weighted by Crippen LogP contribution is -2.61. The van der Waals surface area contributed by atoms with Crippen LogP contribution in [0.5, 0.6) is 0 Å². The SMILES string of the molecule is CC(C)C[C@H](NC(=O)[C@@H]1CCCN1C(=O)[C@H](CS)NC(=O)[C@@H]1CCCN1C(=O)[C@H](CCCN=C(N)N)NC(=O)[C@H](C)NC(=O)[C@H](C)NC(=O)[C@H](CS)NC(=O)CN)C(=O)N[C@H](C(=O)N[C@@H](C)C(=O)N[C@@H](CS)C(=O)N[C@@H](Cc1c[nH]c2ccccc12)C(=O)O)[C@@H](C)O. The van der Waals surface area contributed by atoms with E-state index in [0.717, 1.165) is 10.9 Å². The van der Waals surface area contributed by atoms with Gasteiger partial charge in [0.25, 0.3) is 0 Å². The number of aliphatic hydroxyl groups is 1. The van der Waals surface area contributed by atoms with Gasteiger partial charge >= 0.3 is 5.97 Å². The zero-order chi connectivity index (χ0) is 68.7. The number of benzene rings is 1. The summed E-state index contributed by atoms with van der Waals surface area (Å²) in [6.07, 6.45) is 1.15. The number of H-pyrrole nitrogens is 1. The molecule has 0 unspecified atom stereocenters. The molecule has 32 nitrogen and oxygen atoms in total. The number of guanidine groups is 1. The van der Waals surface area contributed by atoms with Crippen molar-refractivity contribution >= 4 is 132 Å². The topological polar surface area (TPSA) is 495 Å². The molecule has 0 bridgehead atoms. The van der Waals surface area contributed by atoms with E-state index in [4.69, 9.17) is 17.2 Å². The van der Waals surface area contributed by atoms with Crippen molar-refractivity contribution in [2.45, 2.75) is 172 Å². The third-order valence-corrected chi connectivity index (χ3v) is 16.3. The van der Waals surface area contributed by atoms with Gasteiger partial charge in [-0.3, -0.25) is 62.5 Å². The van der Waals surface area contributed by atoms with Gasteiger partial charge in [0.1, 0.15) is 72.5 Å². The highest BCUT2D eigenvalue weighted by Crippen LogP contribution is 2.24. The fraction of sp³-hybridized carbons (Fsp3) is 0.614. The Morgan fingerprint density at radius 3 is 1.59 bits per heavy atom. The molecule has 19 N–H and O–H groups in total. The molecule has 2 aliphatic heterocycles. The summed E-state index contributed by atoms with van der Waals surface area (Å²) in [6, 6.07) is -8.43. The van der Waals surface area contributed by atoms with E-state index in [9.17, 15) is 72.5 Å². The number of nitrogens with one attached hydrogen (secondary N) is 11. The number of para-hydroxylation sites is 1. The second-order valence-corrected chi connectivity index (χ2v) is 24.1. The van der Waals surface area contributed by atoms with Gasteiger partial charge in [0.15, 0.2) is 5.96 Å². The fourth-order valence-electron chi connectivity index (χ4n) is 10.2. The molecule has 35 heteroatoms. The number of likely N-dealkylation sites (tertiary alicyclic amines) is 2. The number of aliphatic carboxylic acids is 1. The molecule has 510 valence electrons. The van der Waals surface area contributed by atoms with E-state index in [1.54, 1.807) is 38.2 Å². The molecule has 3 heterocycles. The first-order valence-electron chi connectivity index (χ1n) is 30.1. The Labute approximate surface area is 548 Å². The van der Waals surface area contributed by atoms with Crippen LogP contribution in [0.3, 0.4) is 0 Å². The average Bonchev–Trinajstić information content (AvgIpc) is 2.75. The summed E-state index contributed by atoms with van der Waals surface area (Å²) in [5.41, 5.74) is 17.7. The number of amides is 12. The van der Waals surface area contributed by atoms with Crippen molar-refractivity contribution in [3.63, 3.8) is 0 Å². The molecule has 12 amide bonds. The molecular weight excluding hydrogens is 1260 g/mol. The van der Waals surface area contributed by atoms with E-state index < -0.39 is 155 Å². The lowest BCUT2D eigenvalue weighted by Gasteiger charge is -2.32. The maximum absolute atomic E-state index is 14.4. The summed E-state index contributed by atoms with van der Waals surface area (Å²) in [5, 5.41) is 46.5. The minimum absolute atomic E-state index is 0.0171. The predicted molar refractivity (Wildman–Crippen MR) is 347 cm³/mol. The Hall–Kier alpha value is -7.89. The molecule has 0 spiro atoms. The van der Waals surface area contributed by atoms with Crippen molar-refractivity contribution in [1.29, 1.82) is 0 Å². The van der Waals surface area contributed by atoms with E-state index in [1.165, 1.54) is 37.5 Å². The Kier molecular flexibility index (Phi) is 30.8. The van der Waals surface area contributed by atoms with Crippen LogP contribution in [0.15, 0.2) is 35.5 Å². The number of carboxylic acids is 1. The number of nitrogens with two attached hydrogens (primary N) is 3. The molecule has 2 aliphatic rings. The molecule has 13 atom stereocenters. The van der Waals surface area contributed by atoms with Crippen molar-refractivity contribution < 1.29 is 72.5 Å². The highest BCUT2D eigenvalue weighted by molar-refractivity contribution is 7.80. The summed E-state index contributed by atoms with van der Waals surface area (Å²) >= 11 is 12.6. The summed E-state index contributed by atoms with van der Waals surface area (Å²) in [6.45, 7) is 8.50. The molecule has 1 aromatic heterocycles. The minimum atomic E-state index is -1.69. The summed E-state index contributed by atoms with van der Waals surface area (Å²) in [4.78, 5) is 185. The first-order chi connectivity index (χ1) is 43.5. The van der Waals surface area contributed by atoms with E-state index in [2.05, 4.69) is 101 Å². The zero-order valence-electron chi connectivity index (χ0n) is 52.2. The van der Waals surface area contributed by atoms with Crippen molar-refractivity contribution in [1.82, 2.24) is 68.0 Å². The van der Waals surface area contributed by atoms with Gasteiger partial charge < -0.3 is 95.4 Å². The third kappa shape index (κ3) is 22.5. The van der Waals surface area contributed by atoms with Gasteiger partial charge in [0.05, 0.1) is 12.6 Å². The molecule has 1 aromatic carbocycles. The van der Waals surface area contributed by atoms with E-state index >= 15 is 0 Å². The molecule has 92 heavy (non-hydrogen) atoms. The lowest BCUT2D eigenvalue weighted by molar-refractivity contribution is -0.144. The van der Waals surface area contributed by atoms with Gasteiger partial charge in [-0.1, -0.05) is 32.0 Å². The van der Waals surface area contributed by atoms with Crippen molar-refractivity contribution in [2.75, 3.05) is 43.4 Å². The standard InChI is InChI=1S/C57H89N17O15S3/c1-27(2)20-36(48(80)72-44(31(6)75)53(85)65-30(5)47(79)70-39(25-91)50(82)69-37(56(88)89)21-32-23-62-34-13-8-7-12-33(32)34)68-51(83)41-15-11-19-74(41)55(87)40(26-92)71-52(84)42-16-10-18-73(42)54(86)35(14-9-17-61-57(59)60)67-46(78)29(4)63-45(77)28(3)64-49(81)38(24-90)66-43(76)22-58/h7-8,12-13,23,27-31,35-42,44,62,75,90-92H,9-11,14-22,24-26,58H2,1-6H3,(H,63,77)(H,64,81)(H,65,85)(H,66,76)(H,67,78)(H,68,83)(H,69,82)(H,70,79)(H,71,84)(H,72,80)(H,88,89)(H4,59,60,61)/t28-,29-,30-,31+,35-,36-,37-,38-,39-,40-,41-,42-,44-/m0/s1.